The maximum Gasteiger partial charge on any atom is 0.321 e. The Morgan fingerprint density at radius 3 is 2.56 bits per heavy atom. The molecule has 2 aromatic carbocycles. The fourth-order valence-electron chi connectivity index (χ4n) is 4.62. The number of hydrogen-bond acceptors (Lipinski definition) is 6. The number of carbonyl (C=O) groups is 2. The van der Waals surface area contributed by atoms with Crippen LogP contribution in [-0.2, 0) is 14.3 Å². The summed E-state index contributed by atoms with van der Waals surface area (Å²) in [4.78, 5) is 33.6. The molecule has 0 saturated heterocycles. The van der Waals surface area contributed by atoms with Crippen LogP contribution in [0.2, 0.25) is 0 Å². The van der Waals surface area contributed by atoms with Crippen molar-refractivity contribution in [2.24, 2.45) is 5.92 Å². The Labute approximate surface area is 199 Å². The number of benzene rings is 2. The predicted octanol–water partition coefficient (Wildman–Crippen LogP) is 4.36. The minimum atomic E-state index is -1.08. The summed E-state index contributed by atoms with van der Waals surface area (Å²) in [7, 11) is 3.14. The quantitative estimate of drug-likeness (QED) is 0.265. The fraction of sp³-hybridized carbons (Fsp3) is 0.423. The summed E-state index contributed by atoms with van der Waals surface area (Å²) in [5, 5.41) is 0. The molecule has 8 heteroatoms. The van der Waals surface area contributed by atoms with E-state index >= 15 is 0 Å². The molecule has 2 heterocycles. The second-order valence-corrected chi connectivity index (χ2v) is 8.25. The third-order valence-electron chi connectivity index (χ3n) is 6.23. The lowest BCUT2D eigenvalue weighted by molar-refractivity contribution is -0.153. The van der Waals surface area contributed by atoms with Gasteiger partial charge in [0.1, 0.15) is 11.5 Å². The summed E-state index contributed by atoms with van der Waals surface area (Å²) < 4.78 is 18.4. The average molecular weight is 466 g/mol. The van der Waals surface area contributed by atoms with Crippen molar-refractivity contribution in [3.8, 4) is 11.5 Å². The van der Waals surface area contributed by atoms with Gasteiger partial charge >= 0.3 is 5.97 Å². The van der Waals surface area contributed by atoms with Crippen LogP contribution in [-0.4, -0.2) is 48.8 Å². The molecule has 1 aromatic heterocycles. The molecule has 0 N–H and O–H groups in total. The molecule has 1 aliphatic rings. The van der Waals surface area contributed by atoms with Crippen LogP contribution in [0.4, 0.5) is 5.95 Å². The van der Waals surface area contributed by atoms with Gasteiger partial charge in [-0.2, -0.15) is 0 Å². The highest BCUT2D eigenvalue weighted by atomic mass is 16.5. The topological polar surface area (TPSA) is 82.9 Å². The molecule has 0 radical (unpaired) electrons. The molecule has 1 aliphatic heterocycles. The van der Waals surface area contributed by atoms with Crippen LogP contribution in [0.1, 0.15) is 44.7 Å². The van der Waals surface area contributed by atoms with Crippen LogP contribution in [0.15, 0.2) is 42.5 Å². The lowest BCUT2D eigenvalue weighted by Crippen LogP contribution is -2.50. The molecule has 0 spiro atoms. The predicted molar refractivity (Wildman–Crippen MR) is 129 cm³/mol. The zero-order chi connectivity index (χ0) is 24.2. The van der Waals surface area contributed by atoms with Gasteiger partial charge in [-0.3, -0.25) is 14.5 Å². The number of amides is 1. The highest BCUT2D eigenvalue weighted by Crippen LogP contribution is 2.44. The highest BCUT2D eigenvalue weighted by Gasteiger charge is 2.48. The number of ether oxygens (including phenoxy) is 3. The summed E-state index contributed by atoms with van der Waals surface area (Å²) in [5.74, 6) is -0.263. The molecule has 180 valence electrons. The van der Waals surface area contributed by atoms with Crippen LogP contribution in [0, 0.1) is 5.92 Å². The van der Waals surface area contributed by atoms with Crippen LogP contribution >= 0.6 is 0 Å². The molecule has 3 aromatic rings. The Bertz CT molecular complexity index is 1190. The zero-order valence-electron chi connectivity index (χ0n) is 20.1. The molecule has 0 aliphatic carbocycles. The number of nitrogens with zero attached hydrogens (tertiary/aromatic N) is 3. The van der Waals surface area contributed by atoms with Gasteiger partial charge in [-0.1, -0.05) is 31.9 Å². The molecule has 4 rings (SSSR count). The number of hydrogen-bond donors (Lipinski definition) is 0. The number of aromatic nitrogens is 2. The maximum absolute atomic E-state index is 13.9. The van der Waals surface area contributed by atoms with Gasteiger partial charge in [-0.05, 0) is 37.6 Å². The van der Waals surface area contributed by atoms with E-state index in [4.69, 9.17) is 19.2 Å². The largest absolute Gasteiger partial charge is 0.497 e. The van der Waals surface area contributed by atoms with Crippen molar-refractivity contribution < 1.29 is 23.8 Å². The van der Waals surface area contributed by atoms with Crippen molar-refractivity contribution in [3.63, 3.8) is 0 Å². The lowest BCUT2D eigenvalue weighted by atomic mass is 9.88. The molecule has 1 amide bonds. The monoisotopic (exact) mass is 465 g/mol. The van der Waals surface area contributed by atoms with Crippen LogP contribution in [0.3, 0.4) is 0 Å². The van der Waals surface area contributed by atoms with E-state index in [1.54, 1.807) is 38.2 Å². The number of carbonyl (C=O) groups excluding carboxylic acids is 2. The Hall–Kier alpha value is -3.55. The molecule has 0 saturated carbocycles. The van der Waals surface area contributed by atoms with Gasteiger partial charge in [0.25, 0.3) is 0 Å². The molecule has 0 fully saturated rings. The summed E-state index contributed by atoms with van der Waals surface area (Å²) in [5.41, 5.74) is 2.28. The number of rotatable bonds is 9. The fourth-order valence-corrected chi connectivity index (χ4v) is 4.62. The van der Waals surface area contributed by atoms with Gasteiger partial charge in [-0.15, -0.1) is 0 Å². The lowest BCUT2D eigenvalue weighted by Gasteiger charge is -2.38. The Balaban J connectivity index is 1.98. The van der Waals surface area contributed by atoms with E-state index in [0.717, 1.165) is 30.3 Å². The van der Waals surface area contributed by atoms with Crippen LogP contribution < -0.4 is 14.4 Å². The molecule has 2 atom stereocenters. The van der Waals surface area contributed by atoms with E-state index in [0.29, 0.717) is 29.6 Å². The Kier molecular flexibility index (Phi) is 7.05. The molecule has 8 nitrogen and oxygen atoms in total. The molecule has 0 bridgehead atoms. The van der Waals surface area contributed by atoms with Crippen molar-refractivity contribution >= 4 is 28.9 Å². The van der Waals surface area contributed by atoms with E-state index in [-0.39, 0.29) is 12.5 Å². The maximum atomic E-state index is 13.9. The smallest absolute Gasteiger partial charge is 0.321 e. The van der Waals surface area contributed by atoms with Gasteiger partial charge in [0.15, 0.2) is 5.92 Å². The first-order valence-corrected chi connectivity index (χ1v) is 11.7. The number of unbranched alkanes of at least 4 members (excludes halogenated alkanes) is 2. The van der Waals surface area contributed by atoms with Crippen molar-refractivity contribution in [1.29, 1.82) is 0 Å². The molecule has 0 unspecified atom stereocenters. The SMILES string of the molecule is CCCCCN1C(=O)[C@@H](C(=O)OCC)[C@@H](c2ccc(OC)cc2OC)n2c1nc1ccccc12. The normalized spacial score (nSPS) is 17.5. The number of esters is 1. The van der Waals surface area contributed by atoms with Crippen molar-refractivity contribution in [2.45, 2.75) is 39.2 Å². The molecule has 34 heavy (non-hydrogen) atoms. The molecular formula is C26H31N3O5. The second-order valence-electron chi connectivity index (χ2n) is 8.25. The number of fused-ring (bicyclic) bond motifs is 3. The Morgan fingerprint density at radius 1 is 1.06 bits per heavy atom. The zero-order valence-corrected chi connectivity index (χ0v) is 20.1. The van der Waals surface area contributed by atoms with Gasteiger partial charge in [-0.25, -0.2) is 4.98 Å². The average Bonchev–Trinajstić information content (AvgIpc) is 3.24. The molecular weight excluding hydrogens is 434 g/mol. The minimum Gasteiger partial charge on any atom is -0.497 e. The highest BCUT2D eigenvalue weighted by molar-refractivity contribution is 6.08. The number of anilines is 1. The van der Waals surface area contributed by atoms with Crippen LogP contribution in [0.25, 0.3) is 11.0 Å². The number of imidazole rings is 1. The number of methoxy groups -OCH3 is 2. The number of para-hydroxylation sites is 2. The van der Waals surface area contributed by atoms with Crippen molar-refractivity contribution in [1.82, 2.24) is 9.55 Å². The standard InChI is InChI=1S/C26H31N3O5/c1-5-7-10-15-28-24(30)22(25(31)34-6-2)23(18-14-13-17(32-3)16-21(18)33-4)29-20-12-9-8-11-19(20)27-26(28)29/h8-9,11-14,16,22-23H,5-7,10,15H2,1-4H3/t22-,23+/m0/s1. The second kappa shape index (κ2) is 10.2. The summed E-state index contributed by atoms with van der Waals surface area (Å²) >= 11 is 0. The van der Waals surface area contributed by atoms with Crippen LogP contribution in [0.5, 0.6) is 11.5 Å². The van der Waals surface area contributed by atoms with E-state index in [1.165, 1.54) is 0 Å². The van der Waals surface area contributed by atoms with Crippen molar-refractivity contribution in [3.05, 3.63) is 48.0 Å². The van der Waals surface area contributed by atoms with Gasteiger partial charge in [0.2, 0.25) is 11.9 Å². The van der Waals surface area contributed by atoms with E-state index in [1.807, 2.05) is 34.9 Å². The summed E-state index contributed by atoms with van der Waals surface area (Å²) in [6, 6.07) is 12.4. The van der Waals surface area contributed by atoms with E-state index < -0.39 is 17.9 Å². The third kappa shape index (κ3) is 4.08. The summed E-state index contributed by atoms with van der Waals surface area (Å²) in [6.45, 7) is 4.52. The van der Waals surface area contributed by atoms with Crippen molar-refractivity contribution in [2.75, 3.05) is 32.3 Å². The van der Waals surface area contributed by atoms with E-state index in [9.17, 15) is 9.59 Å². The first-order chi connectivity index (χ1) is 16.5. The first kappa shape index (κ1) is 23.6. The minimum absolute atomic E-state index is 0.183. The third-order valence-corrected chi connectivity index (χ3v) is 6.23. The van der Waals surface area contributed by atoms with E-state index in [2.05, 4.69) is 6.92 Å². The van der Waals surface area contributed by atoms with Gasteiger partial charge < -0.3 is 18.8 Å². The van der Waals surface area contributed by atoms with Gasteiger partial charge in [0, 0.05) is 18.2 Å². The van der Waals surface area contributed by atoms with Gasteiger partial charge in [0.05, 0.1) is 37.9 Å². The summed E-state index contributed by atoms with van der Waals surface area (Å²) in [6.07, 6.45) is 2.81. The first-order valence-electron chi connectivity index (χ1n) is 11.7. The Morgan fingerprint density at radius 2 is 1.85 bits per heavy atom.